The number of aromatic nitrogens is 3. The maximum Gasteiger partial charge on any atom is 0.199 e. The van der Waals surface area contributed by atoms with Crippen molar-refractivity contribution in [3.63, 3.8) is 0 Å². The molecule has 11 heavy (non-hydrogen) atoms. The molecule has 1 aliphatic rings. The SMILES string of the molecule is Cn1cnc(C2=CC=C[N]2)n1. The normalized spacial score (nSPS) is 14.8. The van der Waals surface area contributed by atoms with Gasteiger partial charge in [0.25, 0.3) is 0 Å². The molecule has 1 radical (unpaired) electrons. The predicted octanol–water partition coefficient (Wildman–Crippen LogP) is 0.288. The minimum atomic E-state index is 0.678. The van der Waals surface area contributed by atoms with Crippen LogP contribution in [0.15, 0.2) is 24.7 Å². The highest BCUT2D eigenvalue weighted by molar-refractivity contribution is 5.62. The first-order chi connectivity index (χ1) is 5.36. The highest BCUT2D eigenvalue weighted by Crippen LogP contribution is 2.10. The van der Waals surface area contributed by atoms with Crippen LogP contribution in [0, 0.1) is 0 Å². The molecule has 2 heterocycles. The van der Waals surface area contributed by atoms with Crippen molar-refractivity contribution in [1.82, 2.24) is 20.1 Å². The van der Waals surface area contributed by atoms with Gasteiger partial charge in [-0.2, -0.15) is 0 Å². The van der Waals surface area contributed by atoms with Crippen molar-refractivity contribution in [1.29, 1.82) is 0 Å². The van der Waals surface area contributed by atoms with Crippen LogP contribution in [0.2, 0.25) is 0 Å². The first kappa shape index (κ1) is 6.15. The van der Waals surface area contributed by atoms with Gasteiger partial charge in [-0.05, 0) is 12.2 Å². The van der Waals surface area contributed by atoms with Gasteiger partial charge in [0.2, 0.25) is 0 Å². The maximum absolute atomic E-state index is 4.10. The lowest BCUT2D eigenvalue weighted by atomic mass is 10.4. The lowest BCUT2D eigenvalue weighted by molar-refractivity contribution is 0.760. The minimum Gasteiger partial charge on any atom is -0.255 e. The zero-order chi connectivity index (χ0) is 7.68. The Morgan fingerprint density at radius 2 is 2.36 bits per heavy atom. The van der Waals surface area contributed by atoms with Crippen LogP contribution in [-0.4, -0.2) is 14.8 Å². The Labute approximate surface area is 64.2 Å². The molecule has 0 unspecified atom stereocenters. The summed E-state index contributed by atoms with van der Waals surface area (Å²) >= 11 is 0. The van der Waals surface area contributed by atoms with Crippen LogP contribution < -0.4 is 5.32 Å². The summed E-state index contributed by atoms with van der Waals surface area (Å²) in [7, 11) is 1.83. The number of hydrogen-bond acceptors (Lipinski definition) is 2. The summed E-state index contributed by atoms with van der Waals surface area (Å²) in [6.45, 7) is 0. The lowest BCUT2D eigenvalue weighted by Crippen LogP contribution is -1.95. The van der Waals surface area contributed by atoms with Crippen molar-refractivity contribution in [2.24, 2.45) is 7.05 Å². The zero-order valence-corrected chi connectivity index (χ0v) is 6.10. The zero-order valence-electron chi connectivity index (χ0n) is 6.10. The van der Waals surface area contributed by atoms with Crippen molar-refractivity contribution in [3.8, 4) is 0 Å². The van der Waals surface area contributed by atoms with Crippen molar-refractivity contribution >= 4 is 5.70 Å². The van der Waals surface area contributed by atoms with E-state index < -0.39 is 0 Å². The summed E-state index contributed by atoms with van der Waals surface area (Å²) in [4.78, 5) is 4.05. The van der Waals surface area contributed by atoms with Crippen LogP contribution in [0.5, 0.6) is 0 Å². The van der Waals surface area contributed by atoms with Gasteiger partial charge in [0, 0.05) is 13.2 Å². The van der Waals surface area contributed by atoms with E-state index in [2.05, 4.69) is 15.4 Å². The minimum absolute atomic E-state index is 0.678. The summed E-state index contributed by atoms with van der Waals surface area (Å²) in [5.41, 5.74) is 0.825. The molecule has 0 bridgehead atoms. The topological polar surface area (TPSA) is 44.8 Å². The molecule has 0 saturated carbocycles. The van der Waals surface area contributed by atoms with Gasteiger partial charge >= 0.3 is 0 Å². The highest BCUT2D eigenvalue weighted by atomic mass is 15.3. The number of nitrogens with zero attached hydrogens (tertiary/aromatic N) is 4. The Morgan fingerprint density at radius 1 is 1.45 bits per heavy atom. The maximum atomic E-state index is 4.10. The molecule has 0 amide bonds. The molecular weight excluding hydrogens is 140 g/mol. The quantitative estimate of drug-likeness (QED) is 0.573. The first-order valence-corrected chi connectivity index (χ1v) is 3.30. The van der Waals surface area contributed by atoms with Gasteiger partial charge in [-0.1, -0.05) is 0 Å². The predicted molar refractivity (Wildman–Crippen MR) is 40.3 cm³/mol. The fraction of sp³-hybridized carbons (Fsp3) is 0.143. The van der Waals surface area contributed by atoms with Gasteiger partial charge in [-0.3, -0.25) is 10.00 Å². The Kier molecular flexibility index (Phi) is 1.25. The van der Waals surface area contributed by atoms with Gasteiger partial charge in [0.05, 0.1) is 0 Å². The Bertz CT molecular complexity index is 321. The van der Waals surface area contributed by atoms with Gasteiger partial charge in [-0.15, -0.1) is 5.10 Å². The second-order valence-corrected chi connectivity index (χ2v) is 2.26. The number of aryl methyl sites for hydroxylation is 1. The van der Waals surface area contributed by atoms with E-state index in [0.717, 1.165) is 5.70 Å². The molecule has 55 valence electrons. The van der Waals surface area contributed by atoms with E-state index in [-0.39, 0.29) is 0 Å². The van der Waals surface area contributed by atoms with Gasteiger partial charge in [0.15, 0.2) is 5.82 Å². The fourth-order valence-electron chi connectivity index (χ4n) is 0.889. The molecule has 0 N–H and O–H groups in total. The molecule has 4 nitrogen and oxygen atoms in total. The lowest BCUT2D eigenvalue weighted by Gasteiger charge is -1.91. The van der Waals surface area contributed by atoms with Gasteiger partial charge in [-0.25, -0.2) is 4.98 Å². The standard InChI is InChI=1S/C7H7N4/c1-11-5-9-7(10-11)6-3-2-4-8-6/h2-5H,1H3. The van der Waals surface area contributed by atoms with Gasteiger partial charge < -0.3 is 0 Å². The molecule has 0 aromatic carbocycles. The smallest absolute Gasteiger partial charge is 0.199 e. The molecular formula is C7H7N4. The van der Waals surface area contributed by atoms with E-state index in [9.17, 15) is 0 Å². The second kappa shape index (κ2) is 2.23. The number of rotatable bonds is 1. The first-order valence-electron chi connectivity index (χ1n) is 3.30. The largest absolute Gasteiger partial charge is 0.255 e. The molecule has 4 heteroatoms. The van der Waals surface area contributed by atoms with Crippen molar-refractivity contribution in [3.05, 3.63) is 30.5 Å². The van der Waals surface area contributed by atoms with E-state index in [1.54, 1.807) is 17.2 Å². The number of hydrogen-bond donors (Lipinski definition) is 0. The van der Waals surface area contributed by atoms with E-state index in [0.29, 0.717) is 5.82 Å². The van der Waals surface area contributed by atoms with Crippen LogP contribution in [0.4, 0.5) is 0 Å². The third-order valence-electron chi connectivity index (χ3n) is 1.38. The molecule has 0 spiro atoms. The van der Waals surface area contributed by atoms with Crippen LogP contribution in [0.1, 0.15) is 5.82 Å². The molecule has 1 aliphatic heterocycles. The molecule has 1 aromatic rings. The molecule has 2 rings (SSSR count). The van der Waals surface area contributed by atoms with Crippen LogP contribution in [-0.2, 0) is 7.05 Å². The number of allylic oxidation sites excluding steroid dienone is 2. The van der Waals surface area contributed by atoms with E-state index in [4.69, 9.17) is 0 Å². The van der Waals surface area contributed by atoms with E-state index in [1.807, 2.05) is 19.2 Å². The highest BCUT2D eigenvalue weighted by Gasteiger charge is 2.07. The Hall–Kier alpha value is -1.58. The second-order valence-electron chi connectivity index (χ2n) is 2.26. The average Bonchev–Trinajstić information content (AvgIpc) is 2.55. The summed E-state index contributed by atoms with van der Waals surface area (Å²) < 4.78 is 1.66. The fourth-order valence-corrected chi connectivity index (χ4v) is 0.889. The van der Waals surface area contributed by atoms with Crippen molar-refractivity contribution in [2.75, 3.05) is 0 Å². The average molecular weight is 147 g/mol. The van der Waals surface area contributed by atoms with E-state index >= 15 is 0 Å². The monoisotopic (exact) mass is 147 g/mol. The third-order valence-corrected chi connectivity index (χ3v) is 1.38. The summed E-state index contributed by atoms with van der Waals surface area (Å²) in [6.07, 6.45) is 7.14. The molecule has 0 aliphatic carbocycles. The molecule has 0 fully saturated rings. The van der Waals surface area contributed by atoms with Crippen LogP contribution >= 0.6 is 0 Å². The van der Waals surface area contributed by atoms with Crippen LogP contribution in [0.25, 0.3) is 5.70 Å². The molecule has 1 aromatic heterocycles. The molecule has 0 saturated heterocycles. The van der Waals surface area contributed by atoms with Gasteiger partial charge in [0.1, 0.15) is 12.0 Å². The summed E-state index contributed by atoms with van der Waals surface area (Å²) in [5, 5.41) is 8.16. The van der Waals surface area contributed by atoms with Crippen molar-refractivity contribution in [2.45, 2.75) is 0 Å². The van der Waals surface area contributed by atoms with Crippen LogP contribution in [0.3, 0.4) is 0 Å². The summed E-state index contributed by atoms with van der Waals surface area (Å²) in [5.74, 6) is 0.678. The molecule has 0 atom stereocenters. The van der Waals surface area contributed by atoms with E-state index in [1.165, 1.54) is 0 Å². The Balaban J connectivity index is 2.30. The van der Waals surface area contributed by atoms with Crippen molar-refractivity contribution < 1.29 is 0 Å². The summed E-state index contributed by atoms with van der Waals surface area (Å²) in [6, 6.07) is 0. The third kappa shape index (κ3) is 1.02. The Morgan fingerprint density at radius 3 is 2.91 bits per heavy atom.